The largest absolute Gasteiger partial charge is 0.346 e. The number of aryl methyl sites for hydroxylation is 1. The number of amides is 1. The molecule has 5 heterocycles. The number of H-pyrrole nitrogens is 1. The van der Waals surface area contributed by atoms with Gasteiger partial charge in [0.15, 0.2) is 0 Å². The first-order valence-corrected chi connectivity index (χ1v) is 9.93. The van der Waals surface area contributed by atoms with Gasteiger partial charge in [0, 0.05) is 45.0 Å². The van der Waals surface area contributed by atoms with Gasteiger partial charge < -0.3 is 9.88 Å². The summed E-state index contributed by atoms with van der Waals surface area (Å²) >= 11 is 0. The van der Waals surface area contributed by atoms with E-state index in [1.807, 2.05) is 18.3 Å². The highest BCUT2D eigenvalue weighted by Crippen LogP contribution is 2.28. The fourth-order valence-corrected chi connectivity index (χ4v) is 4.07. The van der Waals surface area contributed by atoms with Crippen molar-refractivity contribution < 1.29 is 4.79 Å². The SMILES string of the molecule is Cn1c(=O)c2ccc(C(=O)N3CC=C(c4ccnc5[nH]ccc45)CC3)nc2n(C)c1=O. The average molecular weight is 416 g/mol. The van der Waals surface area contributed by atoms with Crippen molar-refractivity contribution in [2.75, 3.05) is 13.1 Å². The van der Waals surface area contributed by atoms with E-state index in [9.17, 15) is 14.4 Å². The van der Waals surface area contributed by atoms with Gasteiger partial charge in [-0.05, 0) is 41.8 Å². The van der Waals surface area contributed by atoms with Crippen molar-refractivity contribution in [3.05, 3.63) is 74.8 Å². The molecule has 0 spiro atoms. The van der Waals surface area contributed by atoms with Gasteiger partial charge in [0.25, 0.3) is 11.5 Å². The van der Waals surface area contributed by atoms with E-state index in [1.54, 1.807) is 23.2 Å². The molecule has 4 aromatic rings. The van der Waals surface area contributed by atoms with Gasteiger partial charge in [0.2, 0.25) is 0 Å². The molecule has 0 bridgehead atoms. The third kappa shape index (κ3) is 2.97. The van der Waals surface area contributed by atoms with Crippen LogP contribution in [0.1, 0.15) is 22.5 Å². The Kier molecular flexibility index (Phi) is 4.32. The zero-order valence-corrected chi connectivity index (χ0v) is 17.1. The number of carbonyl (C=O) groups is 1. The van der Waals surface area contributed by atoms with Gasteiger partial charge in [0.05, 0.1) is 5.39 Å². The molecule has 31 heavy (non-hydrogen) atoms. The fourth-order valence-electron chi connectivity index (χ4n) is 4.07. The topological polar surface area (TPSA) is 106 Å². The molecule has 0 saturated heterocycles. The first kappa shape index (κ1) is 19.0. The first-order valence-electron chi connectivity index (χ1n) is 9.93. The van der Waals surface area contributed by atoms with Gasteiger partial charge in [-0.25, -0.2) is 14.8 Å². The van der Waals surface area contributed by atoms with Crippen molar-refractivity contribution in [3.63, 3.8) is 0 Å². The highest BCUT2D eigenvalue weighted by molar-refractivity contribution is 5.95. The predicted molar refractivity (Wildman–Crippen MR) is 117 cm³/mol. The van der Waals surface area contributed by atoms with Crippen molar-refractivity contribution in [2.45, 2.75) is 6.42 Å². The lowest BCUT2D eigenvalue weighted by Gasteiger charge is -2.26. The molecule has 0 saturated carbocycles. The van der Waals surface area contributed by atoms with Crippen molar-refractivity contribution in [3.8, 4) is 0 Å². The summed E-state index contributed by atoms with van der Waals surface area (Å²) in [6, 6.07) is 7.10. The normalized spacial score (nSPS) is 14.3. The number of nitrogens with zero attached hydrogens (tertiary/aromatic N) is 5. The molecular weight excluding hydrogens is 396 g/mol. The molecular formula is C22H20N6O3. The molecule has 4 aromatic heterocycles. The number of hydrogen-bond acceptors (Lipinski definition) is 5. The zero-order valence-electron chi connectivity index (χ0n) is 17.1. The van der Waals surface area contributed by atoms with Crippen LogP contribution in [0.2, 0.25) is 0 Å². The number of aromatic nitrogens is 5. The van der Waals surface area contributed by atoms with Crippen LogP contribution in [0.5, 0.6) is 0 Å². The average Bonchev–Trinajstić information content (AvgIpc) is 3.30. The van der Waals surface area contributed by atoms with Crippen LogP contribution < -0.4 is 11.2 Å². The summed E-state index contributed by atoms with van der Waals surface area (Å²) in [5.41, 5.74) is 2.65. The molecule has 0 aliphatic carbocycles. The van der Waals surface area contributed by atoms with Gasteiger partial charge in [-0.2, -0.15) is 0 Å². The smallest absolute Gasteiger partial charge is 0.332 e. The van der Waals surface area contributed by atoms with Gasteiger partial charge in [-0.15, -0.1) is 0 Å². The minimum atomic E-state index is -0.478. The highest BCUT2D eigenvalue weighted by atomic mass is 16.2. The number of aromatic amines is 1. The molecule has 1 N–H and O–H groups in total. The Bertz CT molecular complexity index is 1510. The van der Waals surface area contributed by atoms with E-state index < -0.39 is 11.2 Å². The Morgan fingerprint density at radius 2 is 1.90 bits per heavy atom. The maximum atomic E-state index is 13.1. The third-order valence-electron chi connectivity index (χ3n) is 5.82. The van der Waals surface area contributed by atoms with E-state index in [4.69, 9.17) is 0 Å². The van der Waals surface area contributed by atoms with Crippen LogP contribution >= 0.6 is 0 Å². The van der Waals surface area contributed by atoms with E-state index in [1.165, 1.54) is 24.2 Å². The number of nitrogens with one attached hydrogen (secondary N) is 1. The van der Waals surface area contributed by atoms with Gasteiger partial charge >= 0.3 is 5.69 Å². The molecule has 0 fully saturated rings. The molecule has 0 radical (unpaired) electrons. The Hall–Kier alpha value is -4.01. The number of fused-ring (bicyclic) bond motifs is 2. The fraction of sp³-hybridized carbons (Fsp3) is 0.227. The number of hydrogen-bond donors (Lipinski definition) is 1. The van der Waals surface area contributed by atoms with E-state index in [0.717, 1.165) is 21.2 Å². The monoisotopic (exact) mass is 416 g/mol. The van der Waals surface area contributed by atoms with E-state index >= 15 is 0 Å². The van der Waals surface area contributed by atoms with Gasteiger partial charge in [-0.1, -0.05) is 6.08 Å². The molecule has 9 nitrogen and oxygen atoms in total. The first-order chi connectivity index (χ1) is 15.0. The van der Waals surface area contributed by atoms with Crippen LogP contribution in [-0.2, 0) is 14.1 Å². The molecule has 1 aliphatic rings. The number of carbonyl (C=O) groups excluding carboxylic acids is 1. The van der Waals surface area contributed by atoms with E-state index in [-0.39, 0.29) is 17.2 Å². The quantitative estimate of drug-likeness (QED) is 0.532. The van der Waals surface area contributed by atoms with E-state index in [0.29, 0.717) is 24.9 Å². The van der Waals surface area contributed by atoms with Crippen LogP contribution in [0.4, 0.5) is 0 Å². The minimum Gasteiger partial charge on any atom is -0.346 e. The summed E-state index contributed by atoms with van der Waals surface area (Å²) in [4.78, 5) is 51.1. The van der Waals surface area contributed by atoms with Crippen LogP contribution in [0.15, 0.2) is 52.3 Å². The molecule has 9 heteroatoms. The molecule has 0 unspecified atom stereocenters. The highest BCUT2D eigenvalue weighted by Gasteiger charge is 2.22. The standard InChI is InChI=1S/C22H20N6O3/c1-26-19-16(20(29)27(2)22(26)31)3-4-17(25-19)21(30)28-11-7-13(8-12-28)14-5-9-23-18-15(14)6-10-24-18/h3-7,9-10H,8,11-12H2,1-2H3,(H,23,24). The van der Waals surface area contributed by atoms with Crippen molar-refractivity contribution in [2.24, 2.45) is 14.1 Å². The van der Waals surface area contributed by atoms with Crippen molar-refractivity contribution >= 4 is 33.5 Å². The zero-order chi connectivity index (χ0) is 21.7. The van der Waals surface area contributed by atoms with Crippen molar-refractivity contribution in [1.29, 1.82) is 0 Å². The van der Waals surface area contributed by atoms with Crippen molar-refractivity contribution in [1.82, 2.24) is 29.0 Å². The molecule has 156 valence electrons. The van der Waals surface area contributed by atoms with Crippen LogP contribution in [-0.4, -0.2) is 48.0 Å². The summed E-state index contributed by atoms with van der Waals surface area (Å²) in [7, 11) is 2.96. The Labute approximate surface area is 176 Å². The predicted octanol–water partition coefficient (Wildman–Crippen LogP) is 1.44. The lowest BCUT2D eigenvalue weighted by molar-refractivity contribution is 0.0767. The maximum absolute atomic E-state index is 13.1. The number of pyridine rings is 2. The van der Waals surface area contributed by atoms with Gasteiger partial charge in [-0.3, -0.25) is 18.7 Å². The second-order valence-corrected chi connectivity index (χ2v) is 7.60. The maximum Gasteiger partial charge on any atom is 0.332 e. The molecule has 5 rings (SSSR count). The Balaban J connectivity index is 1.45. The number of rotatable bonds is 2. The molecule has 0 aromatic carbocycles. The molecule has 1 aliphatic heterocycles. The summed E-state index contributed by atoms with van der Waals surface area (Å²) in [5.74, 6) is -0.230. The Morgan fingerprint density at radius 1 is 1.06 bits per heavy atom. The lowest BCUT2D eigenvalue weighted by Crippen LogP contribution is -2.38. The summed E-state index contributed by atoms with van der Waals surface area (Å²) in [6.07, 6.45) is 6.41. The summed E-state index contributed by atoms with van der Waals surface area (Å²) in [5, 5.41) is 1.36. The van der Waals surface area contributed by atoms with Crippen LogP contribution in [0.3, 0.4) is 0 Å². The summed E-state index contributed by atoms with van der Waals surface area (Å²) < 4.78 is 2.32. The molecule has 1 amide bonds. The van der Waals surface area contributed by atoms with Gasteiger partial charge in [0.1, 0.15) is 17.0 Å². The summed E-state index contributed by atoms with van der Waals surface area (Å²) in [6.45, 7) is 1.01. The minimum absolute atomic E-state index is 0.207. The van der Waals surface area contributed by atoms with E-state index in [2.05, 4.69) is 21.0 Å². The third-order valence-corrected chi connectivity index (χ3v) is 5.82. The van der Waals surface area contributed by atoms with Crippen LogP contribution in [0.25, 0.3) is 27.6 Å². The second kappa shape index (κ2) is 7.05. The second-order valence-electron chi connectivity index (χ2n) is 7.60. The molecule has 0 atom stereocenters. The lowest BCUT2D eigenvalue weighted by atomic mass is 9.98. The Morgan fingerprint density at radius 3 is 2.68 bits per heavy atom. The van der Waals surface area contributed by atoms with Crippen LogP contribution in [0, 0.1) is 0 Å².